The first-order chi connectivity index (χ1) is 11.2. The molecule has 0 fully saturated rings. The molecule has 1 aliphatic heterocycles. The topological polar surface area (TPSA) is 41.6 Å². The monoisotopic (exact) mass is 310 g/mol. The van der Waals surface area contributed by atoms with Gasteiger partial charge in [-0.2, -0.15) is 0 Å². The van der Waals surface area contributed by atoms with Gasteiger partial charge in [0.25, 0.3) is 0 Å². The fraction of sp³-hybridized carbons (Fsp3) is 0.316. The third kappa shape index (κ3) is 3.65. The molecule has 0 bridgehead atoms. The zero-order valence-electron chi connectivity index (χ0n) is 13.6. The lowest BCUT2D eigenvalue weighted by Gasteiger charge is -2.28. The number of ether oxygens (including phenoxy) is 1. The first-order valence-corrected chi connectivity index (χ1v) is 7.92. The highest BCUT2D eigenvalue weighted by Crippen LogP contribution is 2.29. The van der Waals surface area contributed by atoms with Crippen molar-refractivity contribution in [1.29, 1.82) is 0 Å². The maximum Gasteiger partial charge on any atom is 0.228 e. The number of carbonyl (C=O) groups is 1. The Morgan fingerprint density at radius 1 is 1.26 bits per heavy atom. The van der Waals surface area contributed by atoms with Crippen LogP contribution in [0.5, 0.6) is 5.75 Å². The van der Waals surface area contributed by atoms with Crippen LogP contribution in [-0.2, 0) is 17.6 Å². The molecule has 1 heterocycles. The molecule has 2 aromatic rings. The summed E-state index contributed by atoms with van der Waals surface area (Å²) in [6, 6.07) is 13.8. The molecule has 120 valence electrons. The van der Waals surface area contributed by atoms with Gasteiger partial charge in [-0.05, 0) is 48.2 Å². The van der Waals surface area contributed by atoms with Gasteiger partial charge in [-0.15, -0.1) is 0 Å². The van der Waals surface area contributed by atoms with Gasteiger partial charge < -0.3 is 15.0 Å². The lowest BCUT2D eigenvalue weighted by molar-refractivity contribution is -0.115. The second-order valence-corrected chi connectivity index (χ2v) is 5.95. The van der Waals surface area contributed by atoms with Crippen molar-refractivity contribution in [1.82, 2.24) is 0 Å². The van der Waals surface area contributed by atoms with Gasteiger partial charge in [0, 0.05) is 25.0 Å². The minimum atomic E-state index is -0.0170. The van der Waals surface area contributed by atoms with E-state index in [0.29, 0.717) is 6.42 Å². The Labute approximate surface area is 137 Å². The minimum absolute atomic E-state index is 0.0170. The molecule has 3 rings (SSSR count). The van der Waals surface area contributed by atoms with Gasteiger partial charge in [0.2, 0.25) is 5.91 Å². The van der Waals surface area contributed by atoms with E-state index in [1.54, 1.807) is 7.11 Å². The summed E-state index contributed by atoms with van der Waals surface area (Å²) in [5.41, 5.74) is 4.36. The van der Waals surface area contributed by atoms with Crippen molar-refractivity contribution in [2.24, 2.45) is 0 Å². The molecule has 0 spiro atoms. The van der Waals surface area contributed by atoms with Crippen molar-refractivity contribution in [3.8, 4) is 5.75 Å². The van der Waals surface area contributed by atoms with Crippen molar-refractivity contribution in [3.05, 3.63) is 53.6 Å². The van der Waals surface area contributed by atoms with Gasteiger partial charge in [0.05, 0.1) is 13.5 Å². The van der Waals surface area contributed by atoms with Crippen LogP contribution in [0.3, 0.4) is 0 Å². The van der Waals surface area contributed by atoms with Crippen LogP contribution in [-0.4, -0.2) is 26.6 Å². The van der Waals surface area contributed by atoms with Crippen molar-refractivity contribution in [2.75, 3.05) is 30.9 Å². The Hall–Kier alpha value is -2.49. The number of methoxy groups -OCH3 is 1. The maximum absolute atomic E-state index is 12.3. The molecule has 4 heteroatoms. The highest BCUT2D eigenvalue weighted by molar-refractivity contribution is 5.93. The van der Waals surface area contributed by atoms with Gasteiger partial charge in [-0.1, -0.05) is 18.2 Å². The molecule has 0 aromatic heterocycles. The zero-order valence-corrected chi connectivity index (χ0v) is 13.6. The van der Waals surface area contributed by atoms with Crippen LogP contribution in [0.2, 0.25) is 0 Å². The molecule has 1 N–H and O–H groups in total. The van der Waals surface area contributed by atoms with E-state index in [0.717, 1.165) is 30.0 Å². The normalized spacial score (nSPS) is 13.4. The van der Waals surface area contributed by atoms with E-state index in [2.05, 4.69) is 29.4 Å². The summed E-state index contributed by atoms with van der Waals surface area (Å²) in [7, 11) is 3.72. The molecule has 4 nitrogen and oxygen atoms in total. The third-order valence-electron chi connectivity index (χ3n) is 4.22. The highest BCUT2D eigenvalue weighted by atomic mass is 16.5. The van der Waals surface area contributed by atoms with Crippen molar-refractivity contribution < 1.29 is 9.53 Å². The van der Waals surface area contributed by atoms with E-state index >= 15 is 0 Å². The number of nitrogens with zero attached hydrogens (tertiary/aromatic N) is 1. The molecule has 0 saturated carbocycles. The minimum Gasteiger partial charge on any atom is -0.497 e. The van der Waals surface area contributed by atoms with E-state index in [4.69, 9.17) is 4.74 Å². The maximum atomic E-state index is 12.3. The van der Waals surface area contributed by atoms with Crippen LogP contribution in [0.4, 0.5) is 11.4 Å². The number of fused-ring (bicyclic) bond motifs is 1. The smallest absolute Gasteiger partial charge is 0.228 e. The second-order valence-electron chi connectivity index (χ2n) is 5.95. The van der Waals surface area contributed by atoms with Crippen LogP contribution in [0.1, 0.15) is 17.5 Å². The fourth-order valence-electron chi connectivity index (χ4n) is 3.01. The fourth-order valence-corrected chi connectivity index (χ4v) is 3.01. The highest BCUT2D eigenvalue weighted by Gasteiger charge is 2.14. The van der Waals surface area contributed by atoms with Crippen molar-refractivity contribution >= 4 is 17.3 Å². The summed E-state index contributed by atoms with van der Waals surface area (Å²) in [5.74, 6) is 0.752. The first-order valence-electron chi connectivity index (χ1n) is 7.92. The van der Waals surface area contributed by atoms with Crippen LogP contribution in [0.15, 0.2) is 42.5 Å². The number of nitrogens with one attached hydrogen (secondary N) is 1. The number of amides is 1. The predicted octanol–water partition coefficient (Wildman–Crippen LogP) is 3.26. The molecule has 0 atom stereocenters. The molecule has 1 amide bonds. The molecule has 1 aliphatic rings. The Kier molecular flexibility index (Phi) is 4.51. The number of hydrogen-bond donors (Lipinski definition) is 1. The molecular formula is C19H22N2O2. The predicted molar refractivity (Wildman–Crippen MR) is 93.4 cm³/mol. The third-order valence-corrected chi connectivity index (χ3v) is 4.22. The SMILES string of the molecule is COc1cccc(CC(=O)Nc2ccc3c(c2)N(C)CCC3)c1. The molecular weight excluding hydrogens is 288 g/mol. The summed E-state index contributed by atoms with van der Waals surface area (Å²) >= 11 is 0. The summed E-state index contributed by atoms with van der Waals surface area (Å²) < 4.78 is 5.19. The Bertz CT molecular complexity index is 712. The van der Waals surface area contributed by atoms with Gasteiger partial charge in [0.1, 0.15) is 5.75 Å². The molecule has 0 unspecified atom stereocenters. The van der Waals surface area contributed by atoms with Crippen LogP contribution >= 0.6 is 0 Å². The number of hydrogen-bond acceptors (Lipinski definition) is 3. The second kappa shape index (κ2) is 6.73. The van der Waals surface area contributed by atoms with E-state index in [1.165, 1.54) is 17.7 Å². The molecule has 2 aromatic carbocycles. The number of carbonyl (C=O) groups excluding carboxylic acids is 1. The first kappa shape index (κ1) is 15.4. The van der Waals surface area contributed by atoms with Gasteiger partial charge >= 0.3 is 0 Å². The largest absolute Gasteiger partial charge is 0.497 e. The van der Waals surface area contributed by atoms with Crippen LogP contribution < -0.4 is 15.0 Å². The molecule has 0 radical (unpaired) electrons. The molecule has 0 aliphatic carbocycles. The van der Waals surface area contributed by atoms with E-state index in [9.17, 15) is 4.79 Å². The summed E-state index contributed by atoms with van der Waals surface area (Å²) in [6.45, 7) is 1.06. The lowest BCUT2D eigenvalue weighted by atomic mass is 10.0. The van der Waals surface area contributed by atoms with Crippen molar-refractivity contribution in [3.63, 3.8) is 0 Å². The van der Waals surface area contributed by atoms with Crippen LogP contribution in [0, 0.1) is 0 Å². The Morgan fingerprint density at radius 3 is 2.96 bits per heavy atom. The van der Waals surface area contributed by atoms with E-state index in [-0.39, 0.29) is 5.91 Å². The van der Waals surface area contributed by atoms with E-state index < -0.39 is 0 Å². The molecule has 23 heavy (non-hydrogen) atoms. The summed E-state index contributed by atoms with van der Waals surface area (Å²) in [6.07, 6.45) is 2.63. The van der Waals surface area contributed by atoms with Gasteiger partial charge in [-0.3, -0.25) is 4.79 Å². The Balaban J connectivity index is 1.69. The summed E-state index contributed by atoms with van der Waals surface area (Å²) in [5, 5.41) is 2.99. The lowest BCUT2D eigenvalue weighted by Crippen LogP contribution is -2.25. The van der Waals surface area contributed by atoms with Gasteiger partial charge in [-0.25, -0.2) is 0 Å². The van der Waals surface area contributed by atoms with E-state index in [1.807, 2.05) is 30.3 Å². The van der Waals surface area contributed by atoms with Gasteiger partial charge in [0.15, 0.2) is 0 Å². The average molecular weight is 310 g/mol. The summed E-state index contributed by atoms with van der Waals surface area (Å²) in [4.78, 5) is 14.5. The van der Waals surface area contributed by atoms with Crippen molar-refractivity contribution in [2.45, 2.75) is 19.3 Å². The standard InChI is InChI=1S/C19H22N2O2/c1-21-10-4-6-15-8-9-16(13-18(15)21)20-19(22)12-14-5-3-7-17(11-14)23-2/h3,5,7-9,11,13H,4,6,10,12H2,1-2H3,(H,20,22). The zero-order chi connectivity index (χ0) is 16.2. The quantitative estimate of drug-likeness (QED) is 0.942. The average Bonchev–Trinajstić information content (AvgIpc) is 2.56. The number of aryl methyl sites for hydroxylation is 1. The number of rotatable bonds is 4. The Morgan fingerprint density at radius 2 is 2.13 bits per heavy atom. The number of benzene rings is 2. The molecule has 0 saturated heterocycles. The van der Waals surface area contributed by atoms with Crippen LogP contribution in [0.25, 0.3) is 0 Å². The number of anilines is 2.